The number of aromatic amines is 1. The van der Waals surface area contributed by atoms with Crippen LogP contribution in [0.3, 0.4) is 0 Å². The Hall–Kier alpha value is -2.16. The van der Waals surface area contributed by atoms with Crippen molar-refractivity contribution in [1.29, 1.82) is 0 Å². The molecule has 1 aromatic heterocycles. The molecule has 2 aromatic rings. The smallest absolute Gasteiger partial charge is 0.0893 e. The molecule has 0 fully saturated rings. The minimum Gasteiger partial charge on any atom is -0.361 e. The Bertz CT molecular complexity index is 608. The Labute approximate surface area is 134 Å². The van der Waals surface area contributed by atoms with Crippen molar-refractivity contribution in [2.75, 3.05) is 20.8 Å². The summed E-state index contributed by atoms with van der Waals surface area (Å²) in [4.78, 5) is 7.79. The summed E-state index contributed by atoms with van der Waals surface area (Å²) < 4.78 is 0. The molecule has 0 radical (unpaired) electrons. The van der Waals surface area contributed by atoms with Gasteiger partial charge in [0.2, 0.25) is 0 Å². The lowest BCUT2D eigenvalue weighted by atomic mass is 10.0. The minimum absolute atomic E-state index is 0.833. The van der Waals surface area contributed by atoms with E-state index in [4.69, 9.17) is 0 Å². The van der Waals surface area contributed by atoms with E-state index in [1.807, 2.05) is 12.3 Å². The van der Waals surface area contributed by atoms with Crippen LogP contribution >= 0.6 is 0 Å². The zero-order chi connectivity index (χ0) is 16.1. The fourth-order valence-corrected chi connectivity index (χ4v) is 2.45. The van der Waals surface area contributed by atoms with Gasteiger partial charge < -0.3 is 14.8 Å². The molecule has 0 atom stereocenters. The predicted octanol–water partition coefficient (Wildman–Crippen LogP) is 4.48. The standard InChI is InChI=1S/C15H17N3.C4H10/c1-17-10-14(18(2)11-17)15-13(8-9-16-15)12-6-4-3-5-7-12;1-4(2)3/h3-10,16H,11H2,1-2H3;4H,1-3H3. The summed E-state index contributed by atoms with van der Waals surface area (Å²) in [5.74, 6) is 0.833. The van der Waals surface area contributed by atoms with Crippen molar-refractivity contribution >= 4 is 5.70 Å². The van der Waals surface area contributed by atoms with E-state index in [-0.39, 0.29) is 0 Å². The third kappa shape index (κ3) is 3.94. The van der Waals surface area contributed by atoms with Gasteiger partial charge in [-0.2, -0.15) is 0 Å². The quantitative estimate of drug-likeness (QED) is 0.883. The van der Waals surface area contributed by atoms with Crippen LogP contribution in [-0.2, 0) is 0 Å². The SMILES string of the molecule is CC(C)C.CN1C=C(c2[nH]ccc2-c2ccccc2)N(C)C1. The van der Waals surface area contributed by atoms with Gasteiger partial charge in [0.25, 0.3) is 0 Å². The zero-order valence-electron chi connectivity index (χ0n) is 14.3. The van der Waals surface area contributed by atoms with Crippen molar-refractivity contribution in [2.24, 2.45) is 5.92 Å². The third-order valence-corrected chi connectivity index (χ3v) is 3.28. The molecule has 1 N–H and O–H groups in total. The summed E-state index contributed by atoms with van der Waals surface area (Å²) in [5.41, 5.74) is 4.93. The van der Waals surface area contributed by atoms with E-state index in [0.29, 0.717) is 0 Å². The number of hydrogen-bond donors (Lipinski definition) is 1. The average molecular weight is 297 g/mol. The van der Waals surface area contributed by atoms with Crippen molar-refractivity contribution < 1.29 is 0 Å². The van der Waals surface area contributed by atoms with Gasteiger partial charge in [-0.15, -0.1) is 0 Å². The highest BCUT2D eigenvalue weighted by Crippen LogP contribution is 2.31. The van der Waals surface area contributed by atoms with Gasteiger partial charge in [-0.3, -0.25) is 0 Å². The molecule has 22 heavy (non-hydrogen) atoms. The molecule has 118 valence electrons. The molecule has 1 aliphatic heterocycles. The van der Waals surface area contributed by atoms with E-state index in [9.17, 15) is 0 Å². The number of hydrogen-bond acceptors (Lipinski definition) is 2. The van der Waals surface area contributed by atoms with Crippen LogP contribution in [0.2, 0.25) is 0 Å². The fourth-order valence-electron chi connectivity index (χ4n) is 2.45. The van der Waals surface area contributed by atoms with E-state index < -0.39 is 0 Å². The third-order valence-electron chi connectivity index (χ3n) is 3.28. The molecule has 0 saturated carbocycles. The Morgan fingerprint density at radius 2 is 1.64 bits per heavy atom. The molecule has 0 amide bonds. The highest BCUT2D eigenvalue weighted by atomic mass is 15.3. The molecule has 2 heterocycles. The van der Waals surface area contributed by atoms with E-state index >= 15 is 0 Å². The Morgan fingerprint density at radius 1 is 1.00 bits per heavy atom. The molecule has 1 aliphatic rings. The first-order chi connectivity index (χ1) is 10.5. The monoisotopic (exact) mass is 297 g/mol. The molecular formula is C19H27N3. The zero-order valence-corrected chi connectivity index (χ0v) is 14.3. The van der Waals surface area contributed by atoms with Crippen LogP contribution in [0.25, 0.3) is 16.8 Å². The summed E-state index contributed by atoms with van der Waals surface area (Å²) in [6.07, 6.45) is 4.18. The van der Waals surface area contributed by atoms with Gasteiger partial charge >= 0.3 is 0 Å². The first-order valence-corrected chi connectivity index (χ1v) is 7.85. The van der Waals surface area contributed by atoms with Gasteiger partial charge in [-0.1, -0.05) is 51.1 Å². The van der Waals surface area contributed by atoms with Gasteiger partial charge in [-0.25, -0.2) is 0 Å². The van der Waals surface area contributed by atoms with Crippen molar-refractivity contribution in [3.05, 3.63) is 54.5 Å². The average Bonchev–Trinajstić information content (AvgIpc) is 3.05. The fraction of sp³-hybridized carbons (Fsp3) is 0.368. The first kappa shape index (κ1) is 16.2. The van der Waals surface area contributed by atoms with Gasteiger partial charge in [0.1, 0.15) is 0 Å². The molecule has 3 heteroatoms. The number of H-pyrrole nitrogens is 1. The predicted molar refractivity (Wildman–Crippen MR) is 95.1 cm³/mol. The van der Waals surface area contributed by atoms with Crippen LogP contribution in [-0.4, -0.2) is 35.5 Å². The Balaban J connectivity index is 0.000000396. The van der Waals surface area contributed by atoms with Crippen LogP contribution in [0.5, 0.6) is 0 Å². The highest BCUT2D eigenvalue weighted by Gasteiger charge is 2.20. The first-order valence-electron chi connectivity index (χ1n) is 7.85. The number of rotatable bonds is 2. The lowest BCUT2D eigenvalue weighted by molar-refractivity contribution is 0.347. The summed E-state index contributed by atoms with van der Waals surface area (Å²) in [5, 5.41) is 0. The van der Waals surface area contributed by atoms with Crippen LogP contribution in [0.15, 0.2) is 48.8 Å². The van der Waals surface area contributed by atoms with Crippen molar-refractivity contribution in [2.45, 2.75) is 20.8 Å². The highest BCUT2D eigenvalue weighted by molar-refractivity contribution is 5.79. The normalized spacial score (nSPS) is 14.0. The molecule has 0 unspecified atom stereocenters. The summed E-state index contributed by atoms with van der Waals surface area (Å²) in [6.45, 7) is 7.43. The molecule has 0 spiro atoms. The second-order valence-corrected chi connectivity index (χ2v) is 6.48. The lowest BCUT2D eigenvalue weighted by Crippen LogP contribution is -2.20. The van der Waals surface area contributed by atoms with E-state index in [0.717, 1.165) is 12.6 Å². The summed E-state index contributed by atoms with van der Waals surface area (Å²) in [6, 6.07) is 12.6. The summed E-state index contributed by atoms with van der Waals surface area (Å²) >= 11 is 0. The minimum atomic E-state index is 0.833. The number of benzene rings is 1. The largest absolute Gasteiger partial charge is 0.361 e. The maximum absolute atomic E-state index is 3.36. The maximum Gasteiger partial charge on any atom is 0.0893 e. The van der Waals surface area contributed by atoms with Gasteiger partial charge in [-0.05, 0) is 17.5 Å². The molecule has 1 aromatic carbocycles. The lowest BCUT2D eigenvalue weighted by Gasteiger charge is -2.16. The Kier molecular flexibility index (Phi) is 5.31. The number of nitrogens with zero attached hydrogens (tertiary/aromatic N) is 2. The number of nitrogens with one attached hydrogen (secondary N) is 1. The molecule has 0 aliphatic carbocycles. The molecular weight excluding hydrogens is 270 g/mol. The second-order valence-electron chi connectivity index (χ2n) is 6.48. The molecule has 3 rings (SSSR count). The topological polar surface area (TPSA) is 22.3 Å². The molecule has 3 nitrogen and oxygen atoms in total. The van der Waals surface area contributed by atoms with Crippen LogP contribution in [0, 0.1) is 5.92 Å². The van der Waals surface area contributed by atoms with Crippen molar-refractivity contribution in [1.82, 2.24) is 14.8 Å². The van der Waals surface area contributed by atoms with Crippen LogP contribution in [0.4, 0.5) is 0 Å². The molecule has 0 saturated heterocycles. The van der Waals surface area contributed by atoms with Gasteiger partial charge in [0.05, 0.1) is 18.1 Å². The van der Waals surface area contributed by atoms with Gasteiger partial charge in [0.15, 0.2) is 0 Å². The van der Waals surface area contributed by atoms with Crippen molar-refractivity contribution in [3.8, 4) is 11.1 Å². The van der Waals surface area contributed by atoms with Gasteiger partial charge in [0, 0.05) is 32.1 Å². The number of aromatic nitrogens is 1. The van der Waals surface area contributed by atoms with Crippen molar-refractivity contribution in [3.63, 3.8) is 0 Å². The van der Waals surface area contributed by atoms with Crippen LogP contribution in [0.1, 0.15) is 26.5 Å². The van der Waals surface area contributed by atoms with E-state index in [2.05, 4.69) is 86.2 Å². The maximum atomic E-state index is 3.36. The molecule has 0 bridgehead atoms. The Morgan fingerprint density at radius 3 is 2.18 bits per heavy atom. The van der Waals surface area contributed by atoms with E-state index in [1.165, 1.54) is 22.5 Å². The van der Waals surface area contributed by atoms with Crippen LogP contribution < -0.4 is 0 Å². The summed E-state index contributed by atoms with van der Waals surface area (Å²) in [7, 11) is 4.21. The van der Waals surface area contributed by atoms with E-state index in [1.54, 1.807) is 0 Å². The second kappa shape index (κ2) is 7.21.